The summed E-state index contributed by atoms with van der Waals surface area (Å²) in [6, 6.07) is 5.91. The van der Waals surface area contributed by atoms with Crippen LogP contribution >= 0.6 is 0 Å². The van der Waals surface area contributed by atoms with Crippen LogP contribution in [0.25, 0.3) is 0 Å². The zero-order chi connectivity index (χ0) is 13.9. The van der Waals surface area contributed by atoms with Gasteiger partial charge in [0, 0.05) is 38.4 Å². The third-order valence-corrected chi connectivity index (χ3v) is 3.56. The second kappa shape index (κ2) is 5.46. The van der Waals surface area contributed by atoms with Crippen LogP contribution in [0.2, 0.25) is 0 Å². The van der Waals surface area contributed by atoms with E-state index < -0.39 is 0 Å². The number of hydrogen-bond acceptors (Lipinski definition) is 3. The van der Waals surface area contributed by atoms with Crippen LogP contribution < -0.4 is 10.6 Å². The minimum absolute atomic E-state index is 0.0106. The number of rotatable bonds is 4. The number of aryl methyl sites for hydroxylation is 1. The van der Waals surface area contributed by atoms with Crippen molar-refractivity contribution in [2.45, 2.75) is 19.5 Å². The van der Waals surface area contributed by atoms with Gasteiger partial charge in [-0.15, -0.1) is 0 Å². The molecule has 1 amide bonds. The Morgan fingerprint density at radius 2 is 2.25 bits per heavy atom. The van der Waals surface area contributed by atoms with Gasteiger partial charge in [0.2, 0.25) is 0 Å². The molecule has 1 aromatic heterocycles. The van der Waals surface area contributed by atoms with Crippen molar-refractivity contribution in [1.29, 1.82) is 0 Å². The maximum Gasteiger partial charge on any atom is 0.251 e. The molecule has 5 heteroatoms. The van der Waals surface area contributed by atoms with Gasteiger partial charge in [-0.1, -0.05) is 6.07 Å². The first-order valence-corrected chi connectivity index (χ1v) is 6.80. The third-order valence-electron chi connectivity index (χ3n) is 3.56. The highest BCUT2D eigenvalue weighted by atomic mass is 16.1. The summed E-state index contributed by atoms with van der Waals surface area (Å²) in [5, 5.41) is 10.3. The average molecular weight is 270 g/mol. The Morgan fingerprint density at radius 3 is 3.05 bits per heavy atom. The monoisotopic (exact) mass is 270 g/mol. The zero-order valence-electron chi connectivity index (χ0n) is 11.5. The van der Waals surface area contributed by atoms with Crippen LogP contribution in [0.3, 0.4) is 0 Å². The normalized spacial score (nSPS) is 13.2. The molecular weight excluding hydrogens is 252 g/mol. The summed E-state index contributed by atoms with van der Waals surface area (Å²) < 4.78 is 1.77. The molecule has 1 aliphatic heterocycles. The standard InChI is InChI=1S/C15H18N4O/c1-19-10-11(7-18-19)4-5-17-15(20)12-2-3-13-8-16-9-14(13)6-12/h2-3,6-7,10,16H,4-5,8-9H2,1H3,(H,17,20). The summed E-state index contributed by atoms with van der Waals surface area (Å²) in [7, 11) is 1.89. The molecule has 5 nitrogen and oxygen atoms in total. The SMILES string of the molecule is Cn1cc(CCNC(=O)c2ccc3c(c2)CNC3)cn1. The van der Waals surface area contributed by atoms with Crippen molar-refractivity contribution < 1.29 is 4.79 Å². The highest BCUT2D eigenvalue weighted by Gasteiger charge is 2.13. The van der Waals surface area contributed by atoms with Gasteiger partial charge in [-0.05, 0) is 35.2 Å². The minimum Gasteiger partial charge on any atom is -0.352 e. The Hall–Kier alpha value is -2.14. The molecule has 2 heterocycles. The lowest BCUT2D eigenvalue weighted by atomic mass is 10.1. The number of carbonyl (C=O) groups is 1. The van der Waals surface area contributed by atoms with E-state index in [2.05, 4.69) is 15.7 Å². The van der Waals surface area contributed by atoms with E-state index in [9.17, 15) is 4.79 Å². The van der Waals surface area contributed by atoms with Gasteiger partial charge >= 0.3 is 0 Å². The van der Waals surface area contributed by atoms with Gasteiger partial charge in [0.1, 0.15) is 0 Å². The fourth-order valence-corrected chi connectivity index (χ4v) is 2.46. The number of aromatic nitrogens is 2. The van der Waals surface area contributed by atoms with Crippen LogP contribution in [0.1, 0.15) is 27.0 Å². The molecule has 1 aromatic carbocycles. The van der Waals surface area contributed by atoms with Crippen LogP contribution in [-0.2, 0) is 26.6 Å². The van der Waals surface area contributed by atoms with Gasteiger partial charge in [-0.3, -0.25) is 9.48 Å². The van der Waals surface area contributed by atoms with Gasteiger partial charge in [-0.25, -0.2) is 0 Å². The quantitative estimate of drug-likeness (QED) is 0.871. The molecule has 0 saturated heterocycles. The molecule has 0 fully saturated rings. The number of nitrogens with one attached hydrogen (secondary N) is 2. The fraction of sp³-hybridized carbons (Fsp3) is 0.333. The molecule has 0 bridgehead atoms. The first-order valence-electron chi connectivity index (χ1n) is 6.80. The number of amides is 1. The Kier molecular flexibility index (Phi) is 3.52. The lowest BCUT2D eigenvalue weighted by Crippen LogP contribution is -2.25. The summed E-state index contributed by atoms with van der Waals surface area (Å²) in [5.74, 6) is -0.0106. The molecule has 0 unspecified atom stereocenters. The molecule has 0 atom stereocenters. The topological polar surface area (TPSA) is 59.0 Å². The molecule has 2 aromatic rings. The van der Waals surface area contributed by atoms with Crippen molar-refractivity contribution in [3.05, 3.63) is 52.8 Å². The minimum atomic E-state index is -0.0106. The van der Waals surface area contributed by atoms with E-state index in [4.69, 9.17) is 0 Å². The number of benzene rings is 1. The predicted octanol–water partition coefficient (Wildman–Crippen LogP) is 0.996. The largest absolute Gasteiger partial charge is 0.352 e. The fourth-order valence-electron chi connectivity index (χ4n) is 2.46. The molecule has 0 spiro atoms. The molecular formula is C15H18N4O. The molecule has 1 aliphatic rings. The summed E-state index contributed by atoms with van der Waals surface area (Å²) in [6.45, 7) is 2.38. The first-order chi connectivity index (χ1) is 9.72. The number of nitrogens with zero attached hydrogens (tertiary/aromatic N) is 2. The Balaban J connectivity index is 1.56. The molecule has 104 valence electrons. The van der Waals surface area contributed by atoms with Crippen LogP contribution in [0.5, 0.6) is 0 Å². The van der Waals surface area contributed by atoms with Gasteiger partial charge < -0.3 is 10.6 Å². The van der Waals surface area contributed by atoms with Gasteiger partial charge in [0.15, 0.2) is 0 Å². The maximum absolute atomic E-state index is 12.1. The highest BCUT2D eigenvalue weighted by molar-refractivity contribution is 5.94. The molecule has 0 radical (unpaired) electrons. The predicted molar refractivity (Wildman–Crippen MR) is 76.2 cm³/mol. The number of carbonyl (C=O) groups excluding carboxylic acids is 1. The Morgan fingerprint density at radius 1 is 1.40 bits per heavy atom. The van der Waals surface area contributed by atoms with Crippen LogP contribution in [0.15, 0.2) is 30.6 Å². The smallest absolute Gasteiger partial charge is 0.251 e. The van der Waals surface area contributed by atoms with Crippen molar-refractivity contribution in [2.75, 3.05) is 6.54 Å². The van der Waals surface area contributed by atoms with Crippen LogP contribution in [-0.4, -0.2) is 22.2 Å². The summed E-state index contributed by atoms with van der Waals surface area (Å²) in [5.41, 5.74) is 4.38. The van der Waals surface area contributed by atoms with E-state index in [-0.39, 0.29) is 5.91 Å². The first kappa shape index (κ1) is 12.9. The summed E-state index contributed by atoms with van der Waals surface area (Å²) >= 11 is 0. The highest BCUT2D eigenvalue weighted by Crippen LogP contribution is 2.16. The lowest BCUT2D eigenvalue weighted by molar-refractivity contribution is 0.0954. The second-order valence-corrected chi connectivity index (χ2v) is 5.12. The number of fused-ring (bicyclic) bond motifs is 1. The maximum atomic E-state index is 12.1. The van der Waals surface area contributed by atoms with Gasteiger partial charge in [-0.2, -0.15) is 5.10 Å². The second-order valence-electron chi connectivity index (χ2n) is 5.12. The van der Waals surface area contributed by atoms with Crippen LogP contribution in [0, 0.1) is 0 Å². The molecule has 0 saturated carbocycles. The van der Waals surface area contributed by atoms with Crippen molar-refractivity contribution >= 4 is 5.91 Å². The third kappa shape index (κ3) is 2.72. The Labute approximate surface area is 118 Å². The van der Waals surface area contributed by atoms with E-state index in [0.29, 0.717) is 6.54 Å². The molecule has 20 heavy (non-hydrogen) atoms. The molecule has 0 aliphatic carbocycles. The van der Waals surface area contributed by atoms with Crippen molar-refractivity contribution in [3.63, 3.8) is 0 Å². The van der Waals surface area contributed by atoms with E-state index in [1.54, 1.807) is 4.68 Å². The van der Waals surface area contributed by atoms with E-state index >= 15 is 0 Å². The van der Waals surface area contributed by atoms with Crippen LogP contribution in [0.4, 0.5) is 0 Å². The van der Waals surface area contributed by atoms with Gasteiger partial charge in [0.05, 0.1) is 6.20 Å². The van der Waals surface area contributed by atoms with E-state index in [0.717, 1.165) is 30.6 Å². The summed E-state index contributed by atoms with van der Waals surface area (Å²) in [4.78, 5) is 12.1. The van der Waals surface area contributed by atoms with Crippen molar-refractivity contribution in [1.82, 2.24) is 20.4 Å². The number of hydrogen-bond donors (Lipinski definition) is 2. The lowest BCUT2D eigenvalue weighted by Gasteiger charge is -2.06. The summed E-state index contributed by atoms with van der Waals surface area (Å²) in [6.07, 6.45) is 4.59. The zero-order valence-corrected chi connectivity index (χ0v) is 11.5. The van der Waals surface area contributed by atoms with E-state index in [1.165, 1.54) is 11.1 Å². The Bertz CT molecular complexity index is 633. The van der Waals surface area contributed by atoms with Crippen molar-refractivity contribution in [2.24, 2.45) is 7.05 Å². The molecule has 3 rings (SSSR count). The average Bonchev–Trinajstić information content (AvgIpc) is 3.06. The van der Waals surface area contributed by atoms with Crippen molar-refractivity contribution in [3.8, 4) is 0 Å². The molecule has 2 N–H and O–H groups in total. The van der Waals surface area contributed by atoms with E-state index in [1.807, 2.05) is 37.6 Å². The van der Waals surface area contributed by atoms with Gasteiger partial charge in [0.25, 0.3) is 5.91 Å².